The van der Waals surface area contributed by atoms with Crippen LogP contribution in [0.15, 0.2) is 54.6 Å². The van der Waals surface area contributed by atoms with Gasteiger partial charge in [0.05, 0.1) is 13.7 Å². The van der Waals surface area contributed by atoms with Crippen molar-refractivity contribution in [1.82, 2.24) is 19.6 Å². The quantitative estimate of drug-likeness (QED) is 0.376. The van der Waals surface area contributed by atoms with Crippen molar-refractivity contribution in [2.75, 3.05) is 86.1 Å². The highest BCUT2D eigenvalue weighted by molar-refractivity contribution is 5.77. The molecule has 0 aliphatic carbocycles. The standard InChI is InChI=1S/C22H30N2O.C11H22N2O/c1-25-22-11-9-21(10-12-22)13-15-24-18-16-23(17-19-24)14-5-8-20-6-3-2-4-7-20;1-11(14)10-12(2)8-9-13-6-4-3-5-7-13/h2-4,6-7,9-12H,5,8,13-19H2,1H3;3-10H2,1-2H3. The van der Waals surface area contributed by atoms with Crippen molar-refractivity contribution in [3.63, 3.8) is 0 Å². The van der Waals surface area contributed by atoms with Crippen LogP contribution < -0.4 is 4.74 Å². The summed E-state index contributed by atoms with van der Waals surface area (Å²) in [7, 11) is 3.74. The van der Waals surface area contributed by atoms with Crippen LogP contribution in [0, 0.1) is 0 Å². The van der Waals surface area contributed by atoms with Gasteiger partial charge in [-0.1, -0.05) is 48.9 Å². The van der Waals surface area contributed by atoms with Crippen molar-refractivity contribution in [2.24, 2.45) is 0 Å². The lowest BCUT2D eigenvalue weighted by Gasteiger charge is -2.34. The maximum absolute atomic E-state index is 10.8. The summed E-state index contributed by atoms with van der Waals surface area (Å²) in [4.78, 5) is 20.7. The molecule has 39 heavy (non-hydrogen) atoms. The van der Waals surface area contributed by atoms with E-state index in [1.54, 1.807) is 14.0 Å². The van der Waals surface area contributed by atoms with Gasteiger partial charge in [0, 0.05) is 45.8 Å². The second-order valence-corrected chi connectivity index (χ2v) is 11.2. The summed E-state index contributed by atoms with van der Waals surface area (Å²) in [5, 5.41) is 0. The number of rotatable bonds is 13. The number of methoxy groups -OCH3 is 1. The number of likely N-dealkylation sites (tertiary alicyclic amines) is 1. The van der Waals surface area contributed by atoms with Gasteiger partial charge in [0.25, 0.3) is 0 Å². The average Bonchev–Trinajstić information content (AvgIpc) is 2.97. The molecule has 0 radical (unpaired) electrons. The molecular weight excluding hydrogens is 484 g/mol. The third-order valence-corrected chi connectivity index (χ3v) is 7.86. The predicted octanol–water partition coefficient (Wildman–Crippen LogP) is 4.48. The zero-order valence-electron chi connectivity index (χ0n) is 24.8. The first-order chi connectivity index (χ1) is 19.0. The van der Waals surface area contributed by atoms with Crippen molar-refractivity contribution < 1.29 is 9.53 Å². The summed E-state index contributed by atoms with van der Waals surface area (Å²) < 4.78 is 5.22. The van der Waals surface area contributed by atoms with Crippen molar-refractivity contribution in [1.29, 1.82) is 0 Å². The normalized spacial score (nSPS) is 17.0. The number of hydrogen-bond acceptors (Lipinski definition) is 6. The van der Waals surface area contributed by atoms with Gasteiger partial charge < -0.3 is 19.4 Å². The molecule has 2 aliphatic rings. The molecule has 0 saturated carbocycles. The number of ether oxygens (including phenoxy) is 1. The maximum Gasteiger partial charge on any atom is 0.143 e. The smallest absolute Gasteiger partial charge is 0.143 e. The molecule has 0 amide bonds. The summed E-state index contributed by atoms with van der Waals surface area (Å²) in [5.74, 6) is 1.19. The first-order valence-corrected chi connectivity index (χ1v) is 15.0. The van der Waals surface area contributed by atoms with Gasteiger partial charge >= 0.3 is 0 Å². The lowest BCUT2D eigenvalue weighted by Crippen LogP contribution is -2.47. The SMILES string of the molecule is CC(=O)CN(C)CCN1CCCCC1.COc1ccc(CCN2CCN(CCCc3ccccc3)CC2)cc1. The van der Waals surface area contributed by atoms with Crippen molar-refractivity contribution in [3.8, 4) is 5.75 Å². The number of benzene rings is 2. The van der Waals surface area contributed by atoms with Crippen LogP contribution in [0.5, 0.6) is 5.75 Å². The Bertz CT molecular complexity index is 907. The Morgan fingerprint density at radius 3 is 1.95 bits per heavy atom. The first kappa shape index (κ1) is 31.3. The Morgan fingerprint density at radius 2 is 1.33 bits per heavy atom. The van der Waals surface area contributed by atoms with Crippen LogP contribution in [0.4, 0.5) is 0 Å². The number of piperazine rings is 1. The maximum atomic E-state index is 10.8. The minimum atomic E-state index is 0.256. The van der Waals surface area contributed by atoms with E-state index >= 15 is 0 Å². The molecule has 0 N–H and O–H groups in total. The van der Waals surface area contributed by atoms with Crippen molar-refractivity contribution in [3.05, 3.63) is 65.7 Å². The molecule has 6 nitrogen and oxygen atoms in total. The van der Waals surface area contributed by atoms with Crippen molar-refractivity contribution >= 4 is 5.78 Å². The molecule has 2 aromatic rings. The fourth-order valence-electron chi connectivity index (χ4n) is 5.42. The van der Waals surface area contributed by atoms with Gasteiger partial charge in [0.2, 0.25) is 0 Å². The molecule has 2 fully saturated rings. The lowest BCUT2D eigenvalue weighted by atomic mass is 10.1. The van der Waals surface area contributed by atoms with Crippen molar-refractivity contribution in [2.45, 2.75) is 45.4 Å². The van der Waals surface area contributed by atoms with Gasteiger partial charge in [-0.15, -0.1) is 0 Å². The number of aryl methyl sites for hydroxylation is 1. The van der Waals surface area contributed by atoms with Gasteiger partial charge in [0.15, 0.2) is 0 Å². The van der Waals surface area contributed by atoms with Gasteiger partial charge in [-0.3, -0.25) is 9.69 Å². The molecule has 216 valence electrons. The molecule has 2 heterocycles. The summed E-state index contributed by atoms with van der Waals surface area (Å²) in [5.41, 5.74) is 2.85. The van der Waals surface area contributed by atoms with Crippen LogP contribution in [-0.4, -0.2) is 112 Å². The van der Waals surface area contributed by atoms with Gasteiger partial charge in [-0.25, -0.2) is 0 Å². The van der Waals surface area contributed by atoms with Crippen LogP contribution in [0.25, 0.3) is 0 Å². The predicted molar refractivity (Wildman–Crippen MR) is 163 cm³/mol. The summed E-state index contributed by atoms with van der Waals surface area (Å²) in [6.45, 7) is 14.0. The fraction of sp³-hybridized carbons (Fsp3) is 0.606. The van der Waals surface area contributed by atoms with Crippen LogP contribution in [-0.2, 0) is 17.6 Å². The highest BCUT2D eigenvalue weighted by Gasteiger charge is 2.16. The topological polar surface area (TPSA) is 39.3 Å². The Labute approximate surface area is 237 Å². The second-order valence-electron chi connectivity index (χ2n) is 11.2. The highest BCUT2D eigenvalue weighted by Crippen LogP contribution is 2.13. The Kier molecular flexibility index (Phi) is 14.6. The van der Waals surface area contributed by atoms with Crippen LogP contribution in [0.3, 0.4) is 0 Å². The van der Waals surface area contributed by atoms with E-state index in [0.717, 1.165) is 31.8 Å². The zero-order valence-corrected chi connectivity index (χ0v) is 24.8. The third-order valence-electron chi connectivity index (χ3n) is 7.86. The second kappa shape index (κ2) is 18.2. The molecule has 0 spiro atoms. The average molecular weight is 537 g/mol. The van der Waals surface area contributed by atoms with Crippen LogP contribution in [0.1, 0.15) is 43.7 Å². The molecule has 6 heteroatoms. The number of carbonyl (C=O) groups excluding carboxylic acids is 1. The van der Waals surface area contributed by atoms with E-state index in [9.17, 15) is 4.79 Å². The Hall–Kier alpha value is -2.25. The fourth-order valence-corrected chi connectivity index (χ4v) is 5.42. The Morgan fingerprint density at radius 1 is 0.744 bits per heavy atom. The van der Waals surface area contributed by atoms with E-state index in [4.69, 9.17) is 4.74 Å². The first-order valence-electron chi connectivity index (χ1n) is 15.0. The minimum Gasteiger partial charge on any atom is -0.497 e. The van der Waals surface area contributed by atoms with E-state index in [2.05, 4.69) is 74.2 Å². The molecule has 4 rings (SSSR count). The Balaban J connectivity index is 0.000000255. The molecule has 0 atom stereocenters. The van der Waals surface area contributed by atoms with Crippen LogP contribution in [0.2, 0.25) is 0 Å². The lowest BCUT2D eigenvalue weighted by molar-refractivity contribution is -0.117. The highest BCUT2D eigenvalue weighted by atomic mass is 16.5. The monoisotopic (exact) mass is 536 g/mol. The number of hydrogen-bond donors (Lipinski definition) is 0. The number of nitrogens with zero attached hydrogens (tertiary/aromatic N) is 4. The van der Waals surface area contributed by atoms with E-state index in [-0.39, 0.29) is 5.78 Å². The molecule has 2 aromatic carbocycles. The van der Waals surface area contributed by atoms with Gasteiger partial charge in [-0.05, 0) is 89.0 Å². The van der Waals surface area contributed by atoms with Gasteiger partial charge in [0.1, 0.15) is 11.5 Å². The molecule has 0 unspecified atom stereocenters. The summed E-state index contributed by atoms with van der Waals surface area (Å²) >= 11 is 0. The minimum absolute atomic E-state index is 0.256. The van der Waals surface area contributed by atoms with E-state index < -0.39 is 0 Å². The number of carbonyl (C=O) groups is 1. The van der Waals surface area contributed by atoms with E-state index in [1.165, 1.54) is 89.0 Å². The number of ketones is 1. The molecule has 2 saturated heterocycles. The van der Waals surface area contributed by atoms with E-state index in [1.807, 2.05) is 7.05 Å². The number of Topliss-reactive ketones (excluding diaryl/α,β-unsaturated/α-hetero) is 1. The molecule has 0 aromatic heterocycles. The molecule has 0 bridgehead atoms. The van der Waals surface area contributed by atoms with E-state index in [0.29, 0.717) is 6.54 Å². The summed E-state index contributed by atoms with van der Waals surface area (Å²) in [6.07, 6.45) is 7.65. The zero-order chi connectivity index (χ0) is 27.7. The molecular formula is C33H52N4O2. The van der Waals surface area contributed by atoms with Gasteiger partial charge in [-0.2, -0.15) is 0 Å². The largest absolute Gasteiger partial charge is 0.497 e. The number of piperidine rings is 1. The molecule has 2 aliphatic heterocycles. The third kappa shape index (κ3) is 13.1. The summed E-state index contributed by atoms with van der Waals surface area (Å²) in [6, 6.07) is 19.3. The number of likely N-dealkylation sites (N-methyl/N-ethyl adjacent to an activating group) is 1. The van der Waals surface area contributed by atoms with Crippen LogP contribution >= 0.6 is 0 Å².